The van der Waals surface area contributed by atoms with E-state index in [0.29, 0.717) is 5.69 Å². The van der Waals surface area contributed by atoms with E-state index in [-0.39, 0.29) is 17.8 Å². The molecule has 0 fully saturated rings. The van der Waals surface area contributed by atoms with Crippen LogP contribution < -0.4 is 10.6 Å². The summed E-state index contributed by atoms with van der Waals surface area (Å²) in [6, 6.07) is 4.56. The fourth-order valence-corrected chi connectivity index (χ4v) is 1.78. The van der Waals surface area contributed by atoms with Crippen molar-refractivity contribution in [1.29, 1.82) is 0 Å². The highest BCUT2D eigenvalue weighted by atomic mass is 16.6. The fourth-order valence-electron chi connectivity index (χ4n) is 1.78. The van der Waals surface area contributed by atoms with Crippen LogP contribution in [0.15, 0.2) is 30.6 Å². The van der Waals surface area contributed by atoms with E-state index < -0.39 is 10.8 Å². The van der Waals surface area contributed by atoms with Crippen molar-refractivity contribution in [2.75, 3.05) is 12.4 Å². The third-order valence-electron chi connectivity index (χ3n) is 2.74. The van der Waals surface area contributed by atoms with Crippen molar-refractivity contribution in [3.8, 4) is 0 Å². The second kappa shape index (κ2) is 5.83. The molecule has 1 aromatic heterocycles. The molecule has 1 amide bonds. The van der Waals surface area contributed by atoms with E-state index in [1.54, 1.807) is 31.6 Å². The summed E-state index contributed by atoms with van der Waals surface area (Å²) in [6.07, 6.45) is 3.21. The van der Waals surface area contributed by atoms with Crippen LogP contribution in [-0.4, -0.2) is 28.1 Å². The number of rotatable bonds is 5. The molecule has 0 saturated heterocycles. The van der Waals surface area contributed by atoms with Crippen molar-refractivity contribution >= 4 is 17.3 Å². The van der Waals surface area contributed by atoms with Gasteiger partial charge in [0, 0.05) is 25.4 Å². The van der Waals surface area contributed by atoms with Gasteiger partial charge < -0.3 is 10.6 Å². The minimum absolute atomic E-state index is 0.0188. The maximum absolute atomic E-state index is 12.1. The van der Waals surface area contributed by atoms with Gasteiger partial charge >= 0.3 is 5.69 Å². The summed E-state index contributed by atoms with van der Waals surface area (Å²) in [5, 5.41) is 22.8. The molecule has 2 aromatic rings. The van der Waals surface area contributed by atoms with Crippen LogP contribution in [0.25, 0.3) is 0 Å². The molecule has 20 heavy (non-hydrogen) atoms. The van der Waals surface area contributed by atoms with Crippen LogP contribution >= 0.6 is 0 Å². The lowest BCUT2D eigenvalue weighted by molar-refractivity contribution is -0.384. The molecule has 3 N–H and O–H groups in total. The number of hydrogen-bond acceptors (Lipinski definition) is 5. The maximum Gasteiger partial charge on any atom is 0.305 e. The second-order valence-corrected chi connectivity index (χ2v) is 4.00. The number of nitrogens with one attached hydrogen (secondary N) is 3. The summed E-state index contributed by atoms with van der Waals surface area (Å²) in [4.78, 5) is 22.6. The van der Waals surface area contributed by atoms with E-state index in [0.717, 1.165) is 5.56 Å². The number of carbonyl (C=O) groups is 1. The molecule has 0 spiro atoms. The summed E-state index contributed by atoms with van der Waals surface area (Å²) in [5.41, 5.74) is 0.863. The summed E-state index contributed by atoms with van der Waals surface area (Å²) in [7, 11) is 1.56. The molecular weight excluding hydrogens is 262 g/mol. The number of H-pyrrole nitrogens is 1. The zero-order valence-corrected chi connectivity index (χ0v) is 10.7. The zero-order chi connectivity index (χ0) is 14.5. The highest BCUT2D eigenvalue weighted by Crippen LogP contribution is 2.28. The largest absolute Gasteiger partial charge is 0.383 e. The molecule has 0 saturated carbocycles. The molecule has 8 heteroatoms. The number of nitrogens with zero attached hydrogens (tertiary/aromatic N) is 2. The SMILES string of the molecule is CNc1cccc(C(=O)NCc2cn[nH]c2)c1[N+](=O)[O-]. The minimum atomic E-state index is -0.571. The van der Waals surface area contributed by atoms with Gasteiger partial charge in [-0.3, -0.25) is 20.0 Å². The molecule has 1 aromatic carbocycles. The van der Waals surface area contributed by atoms with E-state index >= 15 is 0 Å². The average molecular weight is 275 g/mol. The van der Waals surface area contributed by atoms with Crippen LogP contribution in [0.2, 0.25) is 0 Å². The number of aromatic nitrogens is 2. The third kappa shape index (κ3) is 2.74. The normalized spacial score (nSPS) is 10.1. The Morgan fingerprint density at radius 2 is 2.30 bits per heavy atom. The highest BCUT2D eigenvalue weighted by molar-refractivity contribution is 6.00. The molecule has 0 unspecified atom stereocenters. The smallest absolute Gasteiger partial charge is 0.305 e. The Balaban J connectivity index is 2.23. The third-order valence-corrected chi connectivity index (χ3v) is 2.74. The number of nitro groups is 1. The van der Waals surface area contributed by atoms with E-state index in [9.17, 15) is 14.9 Å². The average Bonchev–Trinajstić information content (AvgIpc) is 2.96. The maximum atomic E-state index is 12.1. The van der Waals surface area contributed by atoms with Crippen LogP contribution in [-0.2, 0) is 6.54 Å². The molecular formula is C12H13N5O3. The first kappa shape index (κ1) is 13.5. The summed E-state index contributed by atoms with van der Waals surface area (Å²) < 4.78 is 0. The van der Waals surface area contributed by atoms with Crippen molar-refractivity contribution in [1.82, 2.24) is 15.5 Å². The van der Waals surface area contributed by atoms with Gasteiger partial charge in [-0.1, -0.05) is 6.07 Å². The minimum Gasteiger partial charge on any atom is -0.383 e. The van der Waals surface area contributed by atoms with Gasteiger partial charge in [0.2, 0.25) is 0 Å². The second-order valence-electron chi connectivity index (χ2n) is 4.00. The van der Waals surface area contributed by atoms with Gasteiger partial charge in [0.15, 0.2) is 0 Å². The van der Waals surface area contributed by atoms with Crippen molar-refractivity contribution < 1.29 is 9.72 Å². The summed E-state index contributed by atoms with van der Waals surface area (Å²) >= 11 is 0. The number of aromatic amines is 1. The molecule has 1 heterocycles. The monoisotopic (exact) mass is 275 g/mol. The Bertz CT molecular complexity index is 624. The summed E-state index contributed by atoms with van der Waals surface area (Å²) in [5.74, 6) is -0.505. The molecule has 0 aliphatic rings. The van der Waals surface area contributed by atoms with E-state index in [2.05, 4.69) is 20.8 Å². The number of hydrogen-bond donors (Lipinski definition) is 3. The zero-order valence-electron chi connectivity index (χ0n) is 10.7. The first-order valence-corrected chi connectivity index (χ1v) is 5.84. The van der Waals surface area contributed by atoms with Crippen LogP contribution in [0.1, 0.15) is 15.9 Å². The molecule has 0 aliphatic heterocycles. The lowest BCUT2D eigenvalue weighted by Crippen LogP contribution is -2.23. The van der Waals surface area contributed by atoms with Gasteiger partial charge in [0.25, 0.3) is 5.91 Å². The van der Waals surface area contributed by atoms with Gasteiger partial charge in [-0.15, -0.1) is 0 Å². The molecule has 0 radical (unpaired) electrons. The number of para-hydroxylation sites is 1. The number of anilines is 1. The Morgan fingerprint density at radius 1 is 1.50 bits per heavy atom. The highest BCUT2D eigenvalue weighted by Gasteiger charge is 2.23. The van der Waals surface area contributed by atoms with Crippen molar-refractivity contribution in [3.63, 3.8) is 0 Å². The lowest BCUT2D eigenvalue weighted by Gasteiger charge is -2.07. The standard InChI is InChI=1S/C12H13N5O3/c1-13-10-4-2-3-9(11(10)17(19)20)12(18)14-5-8-6-15-16-7-8/h2-4,6-7,13H,5H2,1H3,(H,14,18)(H,15,16). The van der Waals surface area contributed by atoms with Gasteiger partial charge in [-0.2, -0.15) is 5.10 Å². The van der Waals surface area contributed by atoms with Gasteiger partial charge in [0.05, 0.1) is 11.1 Å². The first-order chi connectivity index (χ1) is 9.63. The Morgan fingerprint density at radius 3 is 2.90 bits per heavy atom. The number of benzene rings is 1. The number of carbonyl (C=O) groups excluding carboxylic acids is 1. The van der Waals surface area contributed by atoms with Gasteiger partial charge in [-0.25, -0.2) is 0 Å². The van der Waals surface area contributed by atoms with Gasteiger partial charge in [-0.05, 0) is 12.1 Å². The van der Waals surface area contributed by atoms with E-state index in [1.807, 2.05) is 0 Å². The van der Waals surface area contributed by atoms with Crippen LogP contribution in [0, 0.1) is 10.1 Å². The van der Waals surface area contributed by atoms with Crippen LogP contribution in [0.3, 0.4) is 0 Å². The molecule has 0 aliphatic carbocycles. The molecule has 8 nitrogen and oxygen atoms in total. The predicted octanol–water partition coefficient (Wildman–Crippen LogP) is 1.29. The van der Waals surface area contributed by atoms with Crippen LogP contribution in [0.5, 0.6) is 0 Å². The topological polar surface area (TPSA) is 113 Å². The van der Waals surface area contributed by atoms with Crippen molar-refractivity contribution in [3.05, 3.63) is 51.8 Å². The summed E-state index contributed by atoms with van der Waals surface area (Å²) in [6.45, 7) is 0.246. The molecule has 0 bridgehead atoms. The number of nitro benzene ring substituents is 1. The van der Waals surface area contributed by atoms with Crippen molar-refractivity contribution in [2.24, 2.45) is 0 Å². The van der Waals surface area contributed by atoms with E-state index in [1.165, 1.54) is 6.07 Å². The first-order valence-electron chi connectivity index (χ1n) is 5.84. The van der Waals surface area contributed by atoms with Crippen molar-refractivity contribution in [2.45, 2.75) is 6.54 Å². The molecule has 2 rings (SSSR count). The lowest BCUT2D eigenvalue weighted by atomic mass is 10.1. The van der Waals surface area contributed by atoms with E-state index in [4.69, 9.17) is 0 Å². The van der Waals surface area contributed by atoms with Gasteiger partial charge in [0.1, 0.15) is 11.3 Å². The molecule has 0 atom stereocenters. The fraction of sp³-hybridized carbons (Fsp3) is 0.167. The number of amides is 1. The Hall–Kier alpha value is -2.90. The van der Waals surface area contributed by atoms with Crippen LogP contribution in [0.4, 0.5) is 11.4 Å². The predicted molar refractivity (Wildman–Crippen MR) is 72.4 cm³/mol. The Kier molecular flexibility index (Phi) is 3.94. The Labute approximate surface area is 114 Å². The molecule has 104 valence electrons. The quantitative estimate of drug-likeness (QED) is 0.562.